The molecule has 0 bridgehead atoms. The van der Waals surface area contributed by atoms with Crippen molar-refractivity contribution >= 4 is 21.4 Å². The molecule has 0 radical (unpaired) electrons. The van der Waals surface area contributed by atoms with Crippen LogP contribution in [0.2, 0.25) is 0 Å². The number of hydrogen-bond acceptors (Lipinski definition) is 2. The molecule has 3 heteroatoms. The van der Waals surface area contributed by atoms with Gasteiger partial charge in [0.15, 0.2) is 0 Å². The Kier molecular flexibility index (Phi) is 2.84. The van der Waals surface area contributed by atoms with E-state index in [1.165, 1.54) is 6.07 Å². The summed E-state index contributed by atoms with van der Waals surface area (Å²) in [5.74, 6) is -0.188. The average Bonchev–Trinajstić information content (AvgIpc) is 2.62. The van der Waals surface area contributed by atoms with E-state index in [2.05, 4.69) is 11.9 Å². The van der Waals surface area contributed by atoms with Crippen molar-refractivity contribution in [3.8, 4) is 0 Å². The molecular formula is C12H12FNS. The van der Waals surface area contributed by atoms with Gasteiger partial charge in [-0.25, -0.2) is 4.39 Å². The molecule has 0 aliphatic carbocycles. The van der Waals surface area contributed by atoms with Gasteiger partial charge in [0.05, 0.1) is 6.04 Å². The van der Waals surface area contributed by atoms with E-state index >= 15 is 0 Å². The average molecular weight is 221 g/mol. The van der Waals surface area contributed by atoms with Crippen LogP contribution >= 0.6 is 11.3 Å². The van der Waals surface area contributed by atoms with Crippen LogP contribution in [-0.4, -0.2) is 7.05 Å². The van der Waals surface area contributed by atoms with Crippen molar-refractivity contribution in [2.24, 2.45) is 0 Å². The second-order valence-electron chi connectivity index (χ2n) is 3.33. The van der Waals surface area contributed by atoms with Gasteiger partial charge in [0, 0.05) is 9.58 Å². The number of nitrogens with one attached hydrogen (secondary N) is 1. The molecule has 0 fully saturated rings. The van der Waals surface area contributed by atoms with Gasteiger partial charge in [0.2, 0.25) is 0 Å². The summed E-state index contributed by atoms with van der Waals surface area (Å²) >= 11 is 1.66. The van der Waals surface area contributed by atoms with Gasteiger partial charge in [0.25, 0.3) is 0 Å². The van der Waals surface area contributed by atoms with Gasteiger partial charge in [-0.2, -0.15) is 0 Å². The highest BCUT2D eigenvalue weighted by Gasteiger charge is 2.09. The molecule has 0 saturated carbocycles. The Morgan fingerprint density at radius 2 is 2.27 bits per heavy atom. The fourth-order valence-corrected chi connectivity index (χ4v) is 2.72. The lowest BCUT2D eigenvalue weighted by atomic mass is 10.2. The molecule has 2 aromatic rings. The zero-order chi connectivity index (χ0) is 10.8. The lowest BCUT2D eigenvalue weighted by Crippen LogP contribution is -2.11. The van der Waals surface area contributed by atoms with E-state index < -0.39 is 0 Å². The van der Waals surface area contributed by atoms with Crippen LogP contribution in [0.5, 0.6) is 0 Å². The fourth-order valence-electron chi connectivity index (χ4n) is 1.56. The summed E-state index contributed by atoms with van der Waals surface area (Å²) in [4.78, 5) is 1.16. The maximum atomic E-state index is 13.0. The zero-order valence-electron chi connectivity index (χ0n) is 8.46. The predicted molar refractivity (Wildman–Crippen MR) is 63.8 cm³/mol. The molecular weight excluding hydrogens is 209 g/mol. The largest absolute Gasteiger partial charge is 0.309 e. The van der Waals surface area contributed by atoms with E-state index in [0.29, 0.717) is 0 Å². The van der Waals surface area contributed by atoms with E-state index in [4.69, 9.17) is 0 Å². The van der Waals surface area contributed by atoms with Crippen molar-refractivity contribution in [3.63, 3.8) is 0 Å². The summed E-state index contributed by atoms with van der Waals surface area (Å²) in [6.45, 7) is 3.77. The SMILES string of the molecule is C=CC(NC)c1cc2cc(F)ccc2s1. The monoisotopic (exact) mass is 221 g/mol. The first-order valence-corrected chi connectivity index (χ1v) is 5.55. The highest BCUT2D eigenvalue weighted by atomic mass is 32.1. The van der Waals surface area contributed by atoms with Crippen molar-refractivity contribution in [3.05, 3.63) is 47.6 Å². The highest BCUT2D eigenvalue weighted by molar-refractivity contribution is 7.19. The minimum absolute atomic E-state index is 0.144. The second-order valence-corrected chi connectivity index (χ2v) is 4.45. The summed E-state index contributed by atoms with van der Waals surface area (Å²) in [7, 11) is 1.89. The highest BCUT2D eigenvalue weighted by Crippen LogP contribution is 2.30. The Morgan fingerprint density at radius 3 is 2.93 bits per heavy atom. The second kappa shape index (κ2) is 4.13. The lowest BCUT2D eigenvalue weighted by molar-refractivity contribution is 0.630. The quantitative estimate of drug-likeness (QED) is 0.782. The van der Waals surface area contributed by atoms with Crippen molar-refractivity contribution in [1.82, 2.24) is 5.32 Å². The Bertz CT molecular complexity index is 489. The molecule has 1 atom stereocenters. The van der Waals surface area contributed by atoms with Crippen LogP contribution in [0.25, 0.3) is 10.1 Å². The van der Waals surface area contributed by atoms with Crippen LogP contribution in [0, 0.1) is 5.82 Å². The summed E-state index contributed by atoms with van der Waals surface area (Å²) in [6, 6.07) is 7.02. The number of thiophene rings is 1. The maximum absolute atomic E-state index is 13.0. The van der Waals surface area contributed by atoms with E-state index in [1.54, 1.807) is 17.4 Å². The summed E-state index contributed by atoms with van der Waals surface area (Å²) in [5, 5.41) is 4.10. The summed E-state index contributed by atoms with van der Waals surface area (Å²) < 4.78 is 14.1. The molecule has 1 N–H and O–H groups in total. The standard InChI is InChI=1S/C12H12FNS/c1-3-10(14-2)12-7-8-6-9(13)4-5-11(8)15-12/h3-7,10,14H,1H2,2H3. The minimum atomic E-state index is -0.188. The van der Waals surface area contributed by atoms with Gasteiger partial charge in [-0.05, 0) is 36.7 Å². The van der Waals surface area contributed by atoms with E-state index in [1.807, 2.05) is 25.3 Å². The first kappa shape index (κ1) is 10.3. The van der Waals surface area contributed by atoms with Gasteiger partial charge < -0.3 is 5.32 Å². The Labute approximate surface area is 92.2 Å². The van der Waals surface area contributed by atoms with Gasteiger partial charge in [0.1, 0.15) is 5.82 Å². The van der Waals surface area contributed by atoms with Crippen LogP contribution < -0.4 is 5.32 Å². The number of likely N-dealkylation sites (N-methyl/N-ethyl adjacent to an activating group) is 1. The van der Waals surface area contributed by atoms with E-state index in [9.17, 15) is 4.39 Å². The number of benzene rings is 1. The predicted octanol–water partition coefficient (Wildman–Crippen LogP) is 3.49. The molecule has 78 valence electrons. The fraction of sp³-hybridized carbons (Fsp3) is 0.167. The van der Waals surface area contributed by atoms with Gasteiger partial charge in [-0.1, -0.05) is 6.08 Å². The van der Waals surface area contributed by atoms with Crippen LogP contribution in [0.15, 0.2) is 36.9 Å². The topological polar surface area (TPSA) is 12.0 Å². The molecule has 2 rings (SSSR count). The molecule has 0 aliphatic rings. The summed E-state index contributed by atoms with van der Waals surface area (Å²) in [5.41, 5.74) is 0. The number of halogens is 1. The molecule has 1 nitrogen and oxygen atoms in total. The summed E-state index contributed by atoms with van der Waals surface area (Å²) in [6.07, 6.45) is 1.85. The molecule has 1 aromatic heterocycles. The molecule has 1 heterocycles. The van der Waals surface area contributed by atoms with Crippen LogP contribution in [0.3, 0.4) is 0 Å². The molecule has 0 spiro atoms. The molecule has 1 aromatic carbocycles. The van der Waals surface area contributed by atoms with Crippen LogP contribution in [0.4, 0.5) is 4.39 Å². The molecule has 15 heavy (non-hydrogen) atoms. The Hall–Kier alpha value is -1.19. The van der Waals surface area contributed by atoms with Crippen molar-refractivity contribution in [1.29, 1.82) is 0 Å². The van der Waals surface area contributed by atoms with Crippen molar-refractivity contribution < 1.29 is 4.39 Å². The van der Waals surface area contributed by atoms with Gasteiger partial charge in [-0.15, -0.1) is 17.9 Å². The zero-order valence-corrected chi connectivity index (χ0v) is 9.27. The van der Waals surface area contributed by atoms with Crippen molar-refractivity contribution in [2.75, 3.05) is 7.05 Å². The normalized spacial score (nSPS) is 12.9. The van der Waals surface area contributed by atoms with E-state index in [-0.39, 0.29) is 11.9 Å². The molecule has 0 saturated heterocycles. The lowest BCUT2D eigenvalue weighted by Gasteiger charge is -2.06. The van der Waals surface area contributed by atoms with Gasteiger partial charge in [-0.3, -0.25) is 0 Å². The molecule has 0 aliphatic heterocycles. The maximum Gasteiger partial charge on any atom is 0.123 e. The molecule has 0 amide bonds. The van der Waals surface area contributed by atoms with Crippen molar-refractivity contribution in [2.45, 2.75) is 6.04 Å². The first-order valence-electron chi connectivity index (χ1n) is 4.73. The Morgan fingerprint density at radius 1 is 1.47 bits per heavy atom. The third-order valence-electron chi connectivity index (χ3n) is 2.35. The van der Waals surface area contributed by atoms with Crippen LogP contribution in [0.1, 0.15) is 10.9 Å². The Balaban J connectivity index is 2.50. The number of hydrogen-bond donors (Lipinski definition) is 1. The smallest absolute Gasteiger partial charge is 0.123 e. The molecule has 1 unspecified atom stereocenters. The first-order chi connectivity index (χ1) is 7.24. The third kappa shape index (κ3) is 1.94. The third-order valence-corrected chi connectivity index (χ3v) is 3.55. The minimum Gasteiger partial charge on any atom is -0.309 e. The van der Waals surface area contributed by atoms with Crippen LogP contribution in [-0.2, 0) is 0 Å². The number of fused-ring (bicyclic) bond motifs is 1. The van der Waals surface area contributed by atoms with Gasteiger partial charge >= 0.3 is 0 Å². The van der Waals surface area contributed by atoms with E-state index in [0.717, 1.165) is 15.0 Å². The number of rotatable bonds is 3.